The van der Waals surface area contributed by atoms with Gasteiger partial charge >= 0.3 is 0 Å². The first-order valence-electron chi connectivity index (χ1n) is 8.57. The molecule has 3 N–H and O–H groups in total. The fourth-order valence-electron chi connectivity index (χ4n) is 2.64. The van der Waals surface area contributed by atoms with E-state index in [1.807, 2.05) is 45.2 Å². The van der Waals surface area contributed by atoms with Crippen LogP contribution < -0.4 is 16.0 Å². The number of nitrogens with zero attached hydrogens (tertiary/aromatic N) is 5. The Morgan fingerprint density at radius 1 is 1.11 bits per heavy atom. The first-order chi connectivity index (χ1) is 13.0. The fourth-order valence-corrected chi connectivity index (χ4v) is 2.64. The molecule has 0 unspecified atom stereocenters. The normalized spacial score (nSPS) is 10.5. The highest BCUT2D eigenvalue weighted by atomic mass is 16.1. The predicted octanol–water partition coefficient (Wildman–Crippen LogP) is 1.81. The van der Waals surface area contributed by atoms with Crippen molar-refractivity contribution in [1.82, 2.24) is 30.3 Å². The minimum Gasteiger partial charge on any atom is -0.367 e. The third-order valence-corrected chi connectivity index (χ3v) is 4.05. The van der Waals surface area contributed by atoms with Crippen molar-refractivity contribution < 1.29 is 4.79 Å². The number of aromatic nitrogens is 5. The number of carbonyl (C=O) groups is 1. The molecule has 0 aliphatic carbocycles. The first kappa shape index (κ1) is 18.3. The topological polar surface area (TPSA) is 110 Å². The van der Waals surface area contributed by atoms with Crippen molar-refractivity contribution in [2.75, 3.05) is 23.7 Å². The standard InChI is InChI=1S/C18H22N8O/c1-12-17(13(2)26(3)25-12)18(27)21-10-9-20-15-6-7-16(24-23-15)22-14-5-4-8-19-11-14/h4-8,11H,9-10H2,1-3H3,(H,20,23)(H,21,27)(H,22,24). The van der Waals surface area contributed by atoms with Crippen LogP contribution in [0.4, 0.5) is 17.3 Å². The monoisotopic (exact) mass is 366 g/mol. The molecule has 0 aliphatic heterocycles. The molecule has 0 radical (unpaired) electrons. The molecule has 0 aliphatic rings. The van der Waals surface area contributed by atoms with Gasteiger partial charge < -0.3 is 16.0 Å². The second-order valence-corrected chi connectivity index (χ2v) is 6.02. The number of carbonyl (C=O) groups excluding carboxylic acids is 1. The van der Waals surface area contributed by atoms with Crippen molar-refractivity contribution in [3.8, 4) is 0 Å². The molecule has 0 aromatic carbocycles. The highest BCUT2D eigenvalue weighted by molar-refractivity contribution is 5.96. The zero-order valence-corrected chi connectivity index (χ0v) is 15.5. The molecule has 140 valence electrons. The van der Waals surface area contributed by atoms with E-state index in [2.05, 4.69) is 36.2 Å². The number of amides is 1. The van der Waals surface area contributed by atoms with Gasteiger partial charge in [-0.3, -0.25) is 14.5 Å². The van der Waals surface area contributed by atoms with Crippen LogP contribution in [-0.2, 0) is 7.05 Å². The summed E-state index contributed by atoms with van der Waals surface area (Å²) in [6, 6.07) is 7.38. The van der Waals surface area contributed by atoms with Crippen molar-refractivity contribution in [3.63, 3.8) is 0 Å². The summed E-state index contributed by atoms with van der Waals surface area (Å²) in [7, 11) is 1.83. The largest absolute Gasteiger partial charge is 0.367 e. The van der Waals surface area contributed by atoms with Gasteiger partial charge in [0.25, 0.3) is 5.91 Å². The molecule has 3 aromatic heterocycles. The molecule has 1 amide bonds. The van der Waals surface area contributed by atoms with Crippen LogP contribution in [0.2, 0.25) is 0 Å². The van der Waals surface area contributed by atoms with Gasteiger partial charge in [0.2, 0.25) is 0 Å². The van der Waals surface area contributed by atoms with E-state index in [4.69, 9.17) is 0 Å². The van der Waals surface area contributed by atoms with Crippen LogP contribution in [0.5, 0.6) is 0 Å². The van der Waals surface area contributed by atoms with Crippen LogP contribution >= 0.6 is 0 Å². The smallest absolute Gasteiger partial charge is 0.255 e. The molecule has 0 saturated heterocycles. The van der Waals surface area contributed by atoms with E-state index < -0.39 is 0 Å². The van der Waals surface area contributed by atoms with Gasteiger partial charge in [-0.25, -0.2) is 0 Å². The van der Waals surface area contributed by atoms with E-state index in [0.717, 1.165) is 17.1 Å². The lowest BCUT2D eigenvalue weighted by Crippen LogP contribution is -2.29. The summed E-state index contributed by atoms with van der Waals surface area (Å²) in [5.74, 6) is 1.14. The quantitative estimate of drug-likeness (QED) is 0.547. The van der Waals surface area contributed by atoms with E-state index in [0.29, 0.717) is 30.3 Å². The Balaban J connectivity index is 1.46. The molecule has 0 saturated carbocycles. The van der Waals surface area contributed by atoms with E-state index in [9.17, 15) is 4.79 Å². The zero-order chi connectivity index (χ0) is 19.2. The molecule has 0 spiro atoms. The van der Waals surface area contributed by atoms with Crippen LogP contribution in [0.25, 0.3) is 0 Å². The van der Waals surface area contributed by atoms with Gasteiger partial charge in [-0.2, -0.15) is 5.10 Å². The van der Waals surface area contributed by atoms with Crippen molar-refractivity contribution in [2.24, 2.45) is 7.05 Å². The van der Waals surface area contributed by atoms with Crippen molar-refractivity contribution in [2.45, 2.75) is 13.8 Å². The summed E-state index contributed by atoms with van der Waals surface area (Å²) in [6.45, 7) is 4.71. The van der Waals surface area contributed by atoms with E-state index in [1.54, 1.807) is 17.1 Å². The zero-order valence-electron chi connectivity index (χ0n) is 15.5. The second-order valence-electron chi connectivity index (χ2n) is 6.02. The fraction of sp³-hybridized carbons (Fsp3) is 0.278. The first-order valence-corrected chi connectivity index (χ1v) is 8.57. The van der Waals surface area contributed by atoms with Gasteiger partial charge in [-0.1, -0.05) is 0 Å². The highest BCUT2D eigenvalue weighted by Gasteiger charge is 2.16. The van der Waals surface area contributed by atoms with Crippen LogP contribution in [0, 0.1) is 13.8 Å². The summed E-state index contributed by atoms with van der Waals surface area (Å²) >= 11 is 0. The third kappa shape index (κ3) is 4.57. The van der Waals surface area contributed by atoms with Gasteiger partial charge in [0.1, 0.15) is 5.82 Å². The van der Waals surface area contributed by atoms with E-state index in [1.165, 1.54) is 0 Å². The molecule has 9 nitrogen and oxygen atoms in total. The number of rotatable bonds is 7. The van der Waals surface area contributed by atoms with Crippen LogP contribution in [0.15, 0.2) is 36.7 Å². The van der Waals surface area contributed by atoms with Crippen LogP contribution in [-0.4, -0.2) is 44.0 Å². The summed E-state index contributed by atoms with van der Waals surface area (Å²) in [6.07, 6.45) is 3.42. The predicted molar refractivity (Wildman–Crippen MR) is 103 cm³/mol. The minimum atomic E-state index is -0.123. The lowest BCUT2D eigenvalue weighted by atomic mass is 10.2. The molecule has 3 aromatic rings. The number of aryl methyl sites for hydroxylation is 2. The van der Waals surface area contributed by atoms with E-state index >= 15 is 0 Å². The Morgan fingerprint density at radius 2 is 1.89 bits per heavy atom. The average Bonchev–Trinajstić information content (AvgIpc) is 2.93. The molecular formula is C18H22N8O. The van der Waals surface area contributed by atoms with Gasteiger partial charge in [0.05, 0.1) is 23.1 Å². The SMILES string of the molecule is Cc1nn(C)c(C)c1C(=O)NCCNc1ccc(Nc2cccnc2)nn1. The van der Waals surface area contributed by atoms with Gasteiger partial charge in [-0.05, 0) is 38.1 Å². The number of anilines is 3. The molecule has 27 heavy (non-hydrogen) atoms. The Kier molecular flexibility index (Phi) is 5.60. The summed E-state index contributed by atoms with van der Waals surface area (Å²) < 4.78 is 1.71. The Morgan fingerprint density at radius 3 is 2.52 bits per heavy atom. The number of nitrogens with one attached hydrogen (secondary N) is 3. The van der Waals surface area contributed by atoms with E-state index in [-0.39, 0.29) is 5.91 Å². The van der Waals surface area contributed by atoms with Gasteiger partial charge in [0.15, 0.2) is 5.82 Å². The molecule has 0 atom stereocenters. The maximum absolute atomic E-state index is 12.3. The Labute approximate surface area is 157 Å². The van der Waals surface area contributed by atoms with Crippen molar-refractivity contribution >= 4 is 23.2 Å². The molecule has 9 heteroatoms. The Hall–Kier alpha value is -3.49. The highest BCUT2D eigenvalue weighted by Crippen LogP contribution is 2.13. The van der Waals surface area contributed by atoms with Gasteiger partial charge in [-0.15, -0.1) is 10.2 Å². The third-order valence-electron chi connectivity index (χ3n) is 4.05. The molecule has 3 heterocycles. The maximum Gasteiger partial charge on any atom is 0.255 e. The van der Waals surface area contributed by atoms with Crippen LogP contribution in [0.3, 0.4) is 0 Å². The lowest BCUT2D eigenvalue weighted by molar-refractivity contribution is 0.0954. The summed E-state index contributed by atoms with van der Waals surface area (Å²) in [4.78, 5) is 16.3. The Bertz CT molecular complexity index is 905. The average molecular weight is 366 g/mol. The van der Waals surface area contributed by atoms with Crippen molar-refractivity contribution in [1.29, 1.82) is 0 Å². The van der Waals surface area contributed by atoms with Crippen LogP contribution in [0.1, 0.15) is 21.7 Å². The summed E-state index contributed by atoms with van der Waals surface area (Å²) in [5, 5.41) is 21.6. The number of pyridine rings is 1. The van der Waals surface area contributed by atoms with Crippen molar-refractivity contribution in [3.05, 3.63) is 53.6 Å². The molecule has 0 bridgehead atoms. The second kappa shape index (κ2) is 8.26. The molecular weight excluding hydrogens is 344 g/mol. The summed E-state index contributed by atoms with van der Waals surface area (Å²) in [5.41, 5.74) is 3.04. The number of hydrogen-bond donors (Lipinski definition) is 3. The minimum absolute atomic E-state index is 0.123. The molecule has 0 fully saturated rings. The maximum atomic E-state index is 12.3. The molecule has 3 rings (SSSR count). The lowest BCUT2D eigenvalue weighted by Gasteiger charge is -2.08. The van der Waals surface area contributed by atoms with Gasteiger partial charge in [0, 0.05) is 32.0 Å². The number of hydrogen-bond acceptors (Lipinski definition) is 7.